The topological polar surface area (TPSA) is 67.2 Å². The van der Waals surface area contributed by atoms with E-state index in [1.54, 1.807) is 24.3 Å². The number of benzene rings is 1. The minimum absolute atomic E-state index is 0.115. The third kappa shape index (κ3) is 5.40. The van der Waals surface area contributed by atoms with Gasteiger partial charge in [0.15, 0.2) is 0 Å². The summed E-state index contributed by atoms with van der Waals surface area (Å²) in [5, 5.41) is 5.93. The van der Waals surface area contributed by atoms with Crippen LogP contribution < -0.4 is 16.4 Å². The Labute approximate surface area is 119 Å². The first-order chi connectivity index (χ1) is 9.35. The fraction of sp³-hybridized carbons (Fsp3) is 0.400. The second kappa shape index (κ2) is 7.05. The lowest BCUT2D eigenvalue weighted by molar-refractivity contribution is 0.0919. The zero-order valence-corrected chi connectivity index (χ0v) is 12.2. The number of anilines is 1. The van der Waals surface area contributed by atoms with E-state index < -0.39 is 0 Å². The Morgan fingerprint density at radius 1 is 1.30 bits per heavy atom. The van der Waals surface area contributed by atoms with E-state index in [9.17, 15) is 9.18 Å². The summed E-state index contributed by atoms with van der Waals surface area (Å²) in [4.78, 5) is 11.9. The fourth-order valence-corrected chi connectivity index (χ4v) is 1.52. The molecule has 1 amide bonds. The van der Waals surface area contributed by atoms with Crippen LogP contribution in [0.15, 0.2) is 36.2 Å². The maximum atomic E-state index is 12.4. The summed E-state index contributed by atoms with van der Waals surface area (Å²) in [6, 6.07) is 7.02. The van der Waals surface area contributed by atoms with E-state index in [0.29, 0.717) is 24.0 Å². The van der Waals surface area contributed by atoms with E-state index in [-0.39, 0.29) is 18.0 Å². The van der Waals surface area contributed by atoms with Gasteiger partial charge in [-0.2, -0.15) is 0 Å². The Morgan fingerprint density at radius 3 is 2.35 bits per heavy atom. The first kappa shape index (κ1) is 16.2. The molecule has 0 unspecified atom stereocenters. The molecule has 1 rings (SSSR count). The van der Waals surface area contributed by atoms with Gasteiger partial charge in [-0.25, -0.2) is 4.39 Å². The lowest BCUT2D eigenvalue weighted by Crippen LogP contribution is -2.40. The molecule has 110 valence electrons. The Morgan fingerprint density at radius 2 is 1.90 bits per heavy atom. The SMILES string of the molecule is CC(C)(C)NC(=O)c1ccc(NCC(=CF)CN)cc1. The van der Waals surface area contributed by atoms with Gasteiger partial charge in [-0.05, 0) is 50.6 Å². The number of nitrogens with two attached hydrogens (primary N) is 1. The van der Waals surface area contributed by atoms with Crippen LogP contribution in [0.2, 0.25) is 0 Å². The largest absolute Gasteiger partial charge is 0.381 e. The van der Waals surface area contributed by atoms with Crippen molar-refractivity contribution in [3.8, 4) is 0 Å². The predicted octanol–water partition coefficient (Wildman–Crippen LogP) is 2.44. The smallest absolute Gasteiger partial charge is 0.251 e. The van der Waals surface area contributed by atoms with E-state index in [1.807, 2.05) is 20.8 Å². The van der Waals surface area contributed by atoms with Crippen molar-refractivity contribution in [2.45, 2.75) is 26.3 Å². The van der Waals surface area contributed by atoms with Gasteiger partial charge in [-0.3, -0.25) is 4.79 Å². The molecule has 5 heteroatoms. The Bertz CT molecular complexity index is 475. The summed E-state index contributed by atoms with van der Waals surface area (Å²) in [6.45, 7) is 6.31. The molecule has 0 bridgehead atoms. The standard InChI is InChI=1S/C15H22FN3O/c1-15(2,3)19-14(20)12-4-6-13(7-5-12)18-10-11(8-16)9-17/h4-8,18H,9-10,17H2,1-3H3,(H,19,20). The van der Waals surface area contributed by atoms with Gasteiger partial charge in [0.1, 0.15) is 0 Å². The average Bonchev–Trinajstić information content (AvgIpc) is 2.38. The fourth-order valence-electron chi connectivity index (χ4n) is 1.52. The molecule has 0 fully saturated rings. The number of rotatable bonds is 5. The molecular weight excluding hydrogens is 257 g/mol. The van der Waals surface area contributed by atoms with Gasteiger partial charge < -0.3 is 16.4 Å². The average molecular weight is 279 g/mol. The molecule has 1 aromatic rings. The maximum Gasteiger partial charge on any atom is 0.251 e. The summed E-state index contributed by atoms with van der Waals surface area (Å²) in [5.74, 6) is -0.115. The molecule has 0 aliphatic rings. The van der Waals surface area contributed by atoms with Crippen molar-refractivity contribution in [1.29, 1.82) is 0 Å². The molecular formula is C15H22FN3O. The van der Waals surface area contributed by atoms with Crippen LogP contribution in [-0.2, 0) is 0 Å². The second-order valence-electron chi connectivity index (χ2n) is 5.61. The van der Waals surface area contributed by atoms with Crippen molar-refractivity contribution in [3.05, 3.63) is 41.7 Å². The predicted molar refractivity (Wildman–Crippen MR) is 80.4 cm³/mol. The number of hydrogen-bond acceptors (Lipinski definition) is 3. The molecule has 0 saturated carbocycles. The highest BCUT2D eigenvalue weighted by molar-refractivity contribution is 5.94. The highest BCUT2D eigenvalue weighted by atomic mass is 19.1. The van der Waals surface area contributed by atoms with Crippen LogP contribution in [0.25, 0.3) is 0 Å². The first-order valence-electron chi connectivity index (χ1n) is 6.50. The van der Waals surface area contributed by atoms with Gasteiger partial charge in [0, 0.05) is 29.9 Å². The van der Waals surface area contributed by atoms with Crippen molar-refractivity contribution in [2.24, 2.45) is 5.73 Å². The van der Waals surface area contributed by atoms with Gasteiger partial charge in [-0.1, -0.05) is 0 Å². The summed E-state index contributed by atoms with van der Waals surface area (Å²) in [7, 11) is 0. The minimum Gasteiger partial charge on any atom is -0.381 e. The Kier molecular flexibility index (Phi) is 5.70. The van der Waals surface area contributed by atoms with Crippen LogP contribution in [0.3, 0.4) is 0 Å². The number of carbonyl (C=O) groups is 1. The highest BCUT2D eigenvalue weighted by Crippen LogP contribution is 2.11. The minimum atomic E-state index is -0.268. The monoisotopic (exact) mass is 279 g/mol. The van der Waals surface area contributed by atoms with Crippen molar-refractivity contribution in [3.63, 3.8) is 0 Å². The third-order valence-electron chi connectivity index (χ3n) is 2.57. The lowest BCUT2D eigenvalue weighted by atomic mass is 10.1. The number of amides is 1. The molecule has 20 heavy (non-hydrogen) atoms. The lowest BCUT2D eigenvalue weighted by Gasteiger charge is -2.20. The van der Waals surface area contributed by atoms with Crippen LogP contribution in [0, 0.1) is 0 Å². The normalized spacial score (nSPS) is 12.2. The Hall–Kier alpha value is -1.88. The van der Waals surface area contributed by atoms with Gasteiger partial charge in [0.2, 0.25) is 0 Å². The van der Waals surface area contributed by atoms with Crippen LogP contribution >= 0.6 is 0 Å². The summed E-state index contributed by atoms with van der Waals surface area (Å²) in [6.07, 6.45) is 0.512. The van der Waals surface area contributed by atoms with Crippen LogP contribution in [-0.4, -0.2) is 24.5 Å². The second-order valence-corrected chi connectivity index (χ2v) is 5.61. The molecule has 4 N–H and O–H groups in total. The van der Waals surface area contributed by atoms with Gasteiger partial charge in [-0.15, -0.1) is 0 Å². The van der Waals surface area contributed by atoms with Crippen LogP contribution in [0.5, 0.6) is 0 Å². The number of carbonyl (C=O) groups excluding carboxylic acids is 1. The quantitative estimate of drug-likeness (QED) is 0.775. The van der Waals surface area contributed by atoms with E-state index in [0.717, 1.165) is 5.69 Å². The maximum absolute atomic E-state index is 12.4. The third-order valence-corrected chi connectivity index (χ3v) is 2.57. The van der Waals surface area contributed by atoms with Gasteiger partial charge >= 0.3 is 0 Å². The number of nitrogens with one attached hydrogen (secondary N) is 2. The molecule has 0 atom stereocenters. The zero-order valence-electron chi connectivity index (χ0n) is 12.2. The Balaban J connectivity index is 2.63. The number of hydrogen-bond donors (Lipinski definition) is 3. The molecule has 0 radical (unpaired) electrons. The van der Waals surface area contributed by atoms with Gasteiger partial charge in [0.25, 0.3) is 5.91 Å². The highest BCUT2D eigenvalue weighted by Gasteiger charge is 2.14. The number of halogens is 1. The van der Waals surface area contributed by atoms with E-state index >= 15 is 0 Å². The van der Waals surface area contributed by atoms with Gasteiger partial charge in [0.05, 0.1) is 6.33 Å². The zero-order chi connectivity index (χ0) is 15.2. The van der Waals surface area contributed by atoms with Crippen molar-refractivity contribution in [2.75, 3.05) is 18.4 Å². The molecule has 0 heterocycles. The van der Waals surface area contributed by atoms with Crippen LogP contribution in [0.1, 0.15) is 31.1 Å². The first-order valence-corrected chi connectivity index (χ1v) is 6.50. The van der Waals surface area contributed by atoms with Crippen LogP contribution in [0.4, 0.5) is 10.1 Å². The van der Waals surface area contributed by atoms with E-state index in [2.05, 4.69) is 10.6 Å². The molecule has 0 saturated heterocycles. The van der Waals surface area contributed by atoms with Crippen molar-refractivity contribution < 1.29 is 9.18 Å². The van der Waals surface area contributed by atoms with Crippen molar-refractivity contribution in [1.82, 2.24) is 5.32 Å². The molecule has 0 aromatic heterocycles. The molecule has 4 nitrogen and oxygen atoms in total. The van der Waals surface area contributed by atoms with Crippen molar-refractivity contribution >= 4 is 11.6 Å². The summed E-state index contributed by atoms with van der Waals surface area (Å²) in [5.41, 5.74) is 6.99. The summed E-state index contributed by atoms with van der Waals surface area (Å²) >= 11 is 0. The van der Waals surface area contributed by atoms with E-state index in [4.69, 9.17) is 5.73 Å². The molecule has 0 aliphatic carbocycles. The molecule has 0 aliphatic heterocycles. The van der Waals surface area contributed by atoms with E-state index in [1.165, 1.54) is 0 Å². The summed E-state index contributed by atoms with van der Waals surface area (Å²) < 4.78 is 12.4. The molecule has 0 spiro atoms. The molecule has 1 aromatic carbocycles.